The number of amides is 1. The number of aromatic hydroxyl groups is 1. The molecule has 0 spiro atoms. The second-order valence-electron chi connectivity index (χ2n) is 11.8. The van der Waals surface area contributed by atoms with Gasteiger partial charge in [0.25, 0.3) is 0 Å². The number of thiazole rings is 1. The van der Waals surface area contributed by atoms with E-state index in [0.29, 0.717) is 67.5 Å². The molecule has 1 heterocycles. The van der Waals surface area contributed by atoms with E-state index in [1.54, 1.807) is 23.1 Å². The number of carbonyl (C=O) groups excluding carboxylic acids is 3. The minimum atomic E-state index is -5.77. The molecule has 1 aliphatic rings. The molecule has 3 aromatic rings. The molecule has 0 atom stereocenters. The maximum atomic E-state index is 13.8. The van der Waals surface area contributed by atoms with Gasteiger partial charge in [-0.2, -0.15) is 26.3 Å². The monoisotopic (exact) mass is 808 g/mol. The Morgan fingerprint density at radius 1 is 0.885 bits per heavy atom. The third-order valence-electron chi connectivity index (χ3n) is 8.00. The number of benzene rings is 2. The lowest BCUT2D eigenvalue weighted by Crippen LogP contribution is -2.47. The minimum Gasteiger partial charge on any atom is -0.506 e. The van der Waals surface area contributed by atoms with Gasteiger partial charge in [-0.05, 0) is 68.1 Å². The Kier molecular flexibility index (Phi) is 15.4. The number of nitrogens with one attached hydrogen (secondary N) is 3. The van der Waals surface area contributed by atoms with Crippen LogP contribution >= 0.6 is 34.5 Å². The molecule has 0 radical (unpaired) electrons. The molecule has 1 saturated carbocycles. The molecule has 9 nitrogen and oxygen atoms in total. The van der Waals surface area contributed by atoms with Crippen LogP contribution in [0.4, 0.5) is 35.1 Å². The lowest BCUT2D eigenvalue weighted by Gasteiger charge is -2.37. The predicted octanol–water partition coefficient (Wildman–Crippen LogP) is 6.61. The van der Waals surface area contributed by atoms with E-state index in [4.69, 9.17) is 23.2 Å². The Bertz CT molecular complexity index is 1730. The van der Waals surface area contributed by atoms with Gasteiger partial charge >= 0.3 is 28.8 Å². The molecule has 20 heteroatoms. The summed E-state index contributed by atoms with van der Waals surface area (Å²) in [6, 6.07) is 8.68. The molecule has 4 rings (SSSR count). The number of aromatic nitrogens is 1. The van der Waals surface area contributed by atoms with E-state index >= 15 is 0 Å². The molecule has 0 saturated heterocycles. The normalized spacial score (nSPS) is 14.9. The van der Waals surface area contributed by atoms with E-state index in [9.17, 15) is 59.4 Å². The van der Waals surface area contributed by atoms with Gasteiger partial charge in [-0.25, -0.2) is 8.78 Å². The number of alkyl halides is 8. The molecule has 1 fully saturated rings. The number of phenolic OH excluding ortho intramolecular Hbond substituents is 1. The third-order valence-corrected chi connectivity index (χ3v) is 9.70. The number of rotatable bonds is 14. The predicted molar refractivity (Wildman–Crippen MR) is 179 cm³/mol. The maximum Gasteiger partial charge on any atom is 0.458 e. The average Bonchev–Trinajstić information content (AvgIpc) is 3.46. The van der Waals surface area contributed by atoms with Crippen LogP contribution in [0.5, 0.6) is 5.75 Å². The van der Waals surface area contributed by atoms with Crippen LogP contribution in [0.15, 0.2) is 35.1 Å². The van der Waals surface area contributed by atoms with E-state index in [-0.39, 0.29) is 41.8 Å². The average molecular weight is 810 g/mol. The zero-order chi connectivity index (χ0) is 38.9. The van der Waals surface area contributed by atoms with Gasteiger partial charge in [-0.15, -0.1) is 0 Å². The van der Waals surface area contributed by atoms with Crippen molar-refractivity contribution in [2.24, 2.45) is 0 Å². The summed E-state index contributed by atoms with van der Waals surface area (Å²) < 4.78 is 95.3. The highest BCUT2D eigenvalue weighted by atomic mass is 35.5. The van der Waals surface area contributed by atoms with Crippen molar-refractivity contribution in [3.63, 3.8) is 0 Å². The highest BCUT2D eigenvalue weighted by molar-refractivity contribution is 7.16. The van der Waals surface area contributed by atoms with E-state index in [0.717, 1.165) is 33.6 Å². The first-order valence-corrected chi connectivity index (χ1v) is 17.4. The first-order chi connectivity index (χ1) is 24.2. The first-order valence-electron chi connectivity index (χ1n) is 15.8. The Morgan fingerprint density at radius 2 is 1.48 bits per heavy atom. The molecule has 288 valence electrons. The number of fused-ring (bicyclic) bond motifs is 1. The number of phenols is 1. The van der Waals surface area contributed by atoms with E-state index in [1.165, 1.54) is 0 Å². The van der Waals surface area contributed by atoms with Crippen LogP contribution in [0, 0.1) is 0 Å². The van der Waals surface area contributed by atoms with Crippen molar-refractivity contribution in [2.75, 3.05) is 32.7 Å². The lowest BCUT2D eigenvalue weighted by atomic mass is 9.91. The minimum absolute atomic E-state index is 0.0427. The number of carbonyl (C=O) groups is 3. The fourth-order valence-corrected chi connectivity index (χ4v) is 6.53. The second-order valence-corrected chi connectivity index (χ2v) is 13.6. The Labute approximate surface area is 305 Å². The molecule has 2 aromatic carbocycles. The molecule has 0 aliphatic heterocycles. The van der Waals surface area contributed by atoms with Crippen molar-refractivity contribution in [1.82, 2.24) is 20.5 Å². The van der Waals surface area contributed by atoms with E-state index in [1.807, 2.05) is 12.1 Å². The van der Waals surface area contributed by atoms with Crippen LogP contribution in [-0.2, 0) is 27.2 Å². The van der Waals surface area contributed by atoms with Gasteiger partial charge in [0.05, 0.1) is 14.7 Å². The summed E-state index contributed by atoms with van der Waals surface area (Å²) >= 11 is 13.1. The number of nitrogens with zero attached hydrogens (tertiary/aromatic N) is 1. The first kappa shape index (κ1) is 43.1. The van der Waals surface area contributed by atoms with Crippen LogP contribution in [0.2, 0.25) is 10.0 Å². The number of hydrogen-bond acceptors (Lipinski definition) is 8. The van der Waals surface area contributed by atoms with Crippen LogP contribution < -0.4 is 15.5 Å². The molecular formula is C32H34Cl2F8N4O5S. The Hall–Kier alpha value is -3.32. The smallest absolute Gasteiger partial charge is 0.458 e. The number of aromatic amines is 1. The number of H-pyrrole nitrogens is 1. The Balaban J connectivity index is 0.000000521. The molecule has 0 unspecified atom stereocenters. The second kappa shape index (κ2) is 18.6. The number of ketones is 2. The summed E-state index contributed by atoms with van der Waals surface area (Å²) in [5.74, 6) is -9.48. The lowest BCUT2D eigenvalue weighted by molar-refractivity contribution is -0.193. The zero-order valence-corrected chi connectivity index (χ0v) is 29.5. The quantitative estimate of drug-likeness (QED) is 0.0820. The molecule has 4 N–H and O–H groups in total. The van der Waals surface area contributed by atoms with Crippen LogP contribution in [0.3, 0.4) is 0 Å². The van der Waals surface area contributed by atoms with Crippen LogP contribution in [0.25, 0.3) is 10.2 Å². The standard InChI is InChI=1S/C28H34Cl2F2N4O3S.C4F6O2/c29-21-3-1-18(17-22(21)30)7-12-33-14-9-24(38)36(20-5-10-28(31,32)11-6-20)16-15-34-13-8-19-2-4-23(37)25-26(19)40-27(39)35-25;5-3(6,7)1(11)2(12)4(8,9)10/h1-4,17,20,33-34,37H,5-16H2,(H,35,39);. The summed E-state index contributed by atoms with van der Waals surface area (Å²) in [4.78, 5) is 48.3. The van der Waals surface area contributed by atoms with Gasteiger partial charge in [0.2, 0.25) is 11.8 Å². The fraction of sp³-hybridized carbons (Fsp3) is 0.500. The van der Waals surface area contributed by atoms with Crippen molar-refractivity contribution in [1.29, 1.82) is 0 Å². The zero-order valence-electron chi connectivity index (χ0n) is 27.2. The summed E-state index contributed by atoms with van der Waals surface area (Å²) in [5.41, 5.74) is 2.43. The van der Waals surface area contributed by atoms with E-state index < -0.39 is 29.8 Å². The largest absolute Gasteiger partial charge is 0.506 e. The molecular weight excluding hydrogens is 775 g/mol. The van der Waals surface area contributed by atoms with Gasteiger partial charge in [0.15, 0.2) is 0 Å². The van der Waals surface area contributed by atoms with Crippen molar-refractivity contribution in [3.8, 4) is 5.75 Å². The molecule has 52 heavy (non-hydrogen) atoms. The summed E-state index contributed by atoms with van der Waals surface area (Å²) in [5, 5.41) is 17.6. The van der Waals surface area contributed by atoms with Crippen LogP contribution in [-0.4, -0.2) is 89.5 Å². The van der Waals surface area contributed by atoms with Crippen LogP contribution in [0.1, 0.15) is 43.2 Å². The van der Waals surface area contributed by atoms with Gasteiger partial charge in [-0.1, -0.05) is 46.7 Å². The topological polar surface area (TPSA) is 132 Å². The maximum absolute atomic E-state index is 13.8. The SMILES string of the molecule is O=C(C(=O)C(F)(F)F)C(F)(F)F.O=C(CCNCCc1ccc(Cl)c(Cl)c1)N(CCNCCc1ccc(O)c2[nH]c(=O)sc12)C1CCC(F)(F)CC1. The van der Waals surface area contributed by atoms with Gasteiger partial charge < -0.3 is 25.6 Å². The van der Waals surface area contributed by atoms with Crippen molar-refractivity contribution < 1.29 is 54.6 Å². The number of Topliss-reactive ketones (excluding diaryl/α,β-unsaturated/α-hetero) is 2. The summed E-state index contributed by atoms with van der Waals surface area (Å²) in [6.45, 7) is 2.72. The summed E-state index contributed by atoms with van der Waals surface area (Å²) in [7, 11) is 0. The van der Waals surface area contributed by atoms with Gasteiger partial charge in [0, 0.05) is 44.9 Å². The molecule has 0 bridgehead atoms. The summed E-state index contributed by atoms with van der Waals surface area (Å²) in [6.07, 6.45) is -9.70. The fourth-order valence-electron chi connectivity index (χ4n) is 5.31. The van der Waals surface area contributed by atoms with Gasteiger partial charge in [0.1, 0.15) is 11.3 Å². The molecule has 1 amide bonds. The van der Waals surface area contributed by atoms with Crippen molar-refractivity contribution in [2.45, 2.75) is 69.3 Å². The third kappa shape index (κ3) is 13.0. The van der Waals surface area contributed by atoms with Crippen molar-refractivity contribution >= 4 is 62.2 Å². The highest BCUT2D eigenvalue weighted by Gasteiger charge is 2.54. The number of halogens is 10. The number of hydrogen-bond donors (Lipinski definition) is 4. The molecule has 1 aliphatic carbocycles. The Morgan fingerprint density at radius 3 is 2.08 bits per heavy atom. The van der Waals surface area contributed by atoms with E-state index in [2.05, 4.69) is 15.6 Å². The van der Waals surface area contributed by atoms with Gasteiger partial charge in [-0.3, -0.25) is 19.2 Å². The highest BCUT2D eigenvalue weighted by Crippen LogP contribution is 2.35. The molecule has 1 aromatic heterocycles. The van der Waals surface area contributed by atoms with Crippen molar-refractivity contribution in [3.05, 3.63) is 61.2 Å².